The zero-order chi connectivity index (χ0) is 25.7. The average Bonchev–Trinajstić information content (AvgIpc) is 2.85. The van der Waals surface area contributed by atoms with Crippen LogP contribution in [0.5, 0.6) is 5.75 Å². The molecule has 0 aromatic heterocycles. The van der Waals surface area contributed by atoms with Crippen molar-refractivity contribution in [3.05, 3.63) is 59.7 Å². The molecule has 0 spiro atoms. The number of likely N-dealkylation sites (tertiary alicyclic amines) is 1. The van der Waals surface area contributed by atoms with E-state index in [0.717, 1.165) is 32.6 Å². The number of amides is 1. The maximum absolute atomic E-state index is 13.1. The highest BCUT2D eigenvalue weighted by Gasteiger charge is 2.31. The zero-order valence-electron chi connectivity index (χ0n) is 21.0. The quantitative estimate of drug-likeness (QED) is 0.455. The Kier molecular flexibility index (Phi) is 8.63. The molecule has 2 aliphatic heterocycles. The number of aliphatic hydroxyl groups excluding tert-OH is 1. The fraction of sp³-hybridized carbons (Fsp3) is 0.500. The summed E-state index contributed by atoms with van der Waals surface area (Å²) < 4.78 is 33.2. The number of hydrogen-bond donors (Lipinski definition) is 2. The number of nitrogens with one attached hydrogen (secondary N) is 1. The van der Waals surface area contributed by atoms with Crippen LogP contribution in [0.25, 0.3) is 0 Å². The predicted octanol–water partition coefficient (Wildman–Crippen LogP) is 0.783. The molecule has 9 nitrogen and oxygen atoms in total. The number of hydrogen-bond acceptors (Lipinski definition) is 7. The summed E-state index contributed by atoms with van der Waals surface area (Å²) in [5.41, 5.74) is 2.62. The van der Waals surface area contributed by atoms with Crippen molar-refractivity contribution in [2.75, 3.05) is 60.0 Å². The number of benzene rings is 2. The van der Waals surface area contributed by atoms with E-state index in [4.69, 9.17) is 4.74 Å². The molecule has 36 heavy (non-hydrogen) atoms. The fourth-order valence-corrected chi connectivity index (χ4v) is 6.23. The van der Waals surface area contributed by atoms with Gasteiger partial charge in [0.05, 0.1) is 6.10 Å². The molecule has 1 amide bonds. The maximum Gasteiger partial charge on any atom is 0.258 e. The van der Waals surface area contributed by atoms with Crippen molar-refractivity contribution in [3.63, 3.8) is 0 Å². The topological polar surface area (TPSA) is 102 Å². The first-order valence-electron chi connectivity index (χ1n) is 12.3. The van der Waals surface area contributed by atoms with Crippen molar-refractivity contribution in [3.8, 4) is 5.75 Å². The standard InChI is InChI=1S/C26H36N4O5S/c1-28-14-20(15-28)16-29(2)36(33,34)25-10-6-5-9-24(25)35-19-26(32)27-13-23(31)18-30-12-11-21-7-3-4-8-22(21)17-30/h3-10,20,23,31H,11-19H2,1-2H3,(H,27,32)/t23-/m1/s1. The first-order chi connectivity index (χ1) is 17.2. The van der Waals surface area contributed by atoms with Gasteiger partial charge in [0.2, 0.25) is 10.0 Å². The number of para-hydroxylation sites is 1. The van der Waals surface area contributed by atoms with Crippen LogP contribution in [0.2, 0.25) is 0 Å². The first kappa shape index (κ1) is 26.6. The summed E-state index contributed by atoms with van der Waals surface area (Å²) >= 11 is 0. The van der Waals surface area contributed by atoms with Gasteiger partial charge in [0.25, 0.3) is 5.91 Å². The van der Waals surface area contributed by atoms with E-state index < -0.39 is 22.0 Å². The van der Waals surface area contributed by atoms with Crippen LogP contribution >= 0.6 is 0 Å². The minimum Gasteiger partial charge on any atom is -0.482 e. The lowest BCUT2D eigenvalue weighted by molar-refractivity contribution is -0.123. The lowest BCUT2D eigenvalue weighted by Crippen LogP contribution is -2.49. The van der Waals surface area contributed by atoms with Crippen molar-refractivity contribution >= 4 is 15.9 Å². The monoisotopic (exact) mass is 516 g/mol. The molecule has 196 valence electrons. The molecule has 1 atom stereocenters. The minimum atomic E-state index is -3.76. The largest absolute Gasteiger partial charge is 0.482 e. The Morgan fingerprint density at radius 3 is 2.61 bits per heavy atom. The van der Waals surface area contributed by atoms with Gasteiger partial charge < -0.3 is 20.1 Å². The molecule has 0 unspecified atom stereocenters. The van der Waals surface area contributed by atoms with Gasteiger partial charge in [0.15, 0.2) is 6.61 Å². The molecule has 0 bridgehead atoms. The summed E-state index contributed by atoms with van der Waals surface area (Å²) in [7, 11) is -0.183. The highest BCUT2D eigenvalue weighted by Crippen LogP contribution is 2.27. The van der Waals surface area contributed by atoms with E-state index in [1.165, 1.54) is 21.5 Å². The van der Waals surface area contributed by atoms with Crippen molar-refractivity contribution in [1.82, 2.24) is 19.4 Å². The van der Waals surface area contributed by atoms with E-state index in [9.17, 15) is 18.3 Å². The predicted molar refractivity (Wildman–Crippen MR) is 137 cm³/mol. The summed E-state index contributed by atoms with van der Waals surface area (Å²) in [6, 6.07) is 14.7. The molecule has 0 aliphatic carbocycles. The van der Waals surface area contributed by atoms with Gasteiger partial charge in [-0.15, -0.1) is 0 Å². The second-order valence-electron chi connectivity index (χ2n) is 9.82. The normalized spacial score (nSPS) is 17.9. The van der Waals surface area contributed by atoms with E-state index in [1.807, 2.05) is 19.2 Å². The summed E-state index contributed by atoms with van der Waals surface area (Å²) in [5.74, 6) is 0.0219. The number of rotatable bonds is 11. The van der Waals surface area contributed by atoms with E-state index in [-0.39, 0.29) is 23.8 Å². The van der Waals surface area contributed by atoms with Crippen LogP contribution in [0.1, 0.15) is 11.1 Å². The first-order valence-corrected chi connectivity index (χ1v) is 13.8. The minimum absolute atomic E-state index is 0.0402. The maximum atomic E-state index is 13.1. The van der Waals surface area contributed by atoms with E-state index in [1.54, 1.807) is 25.2 Å². The molecule has 2 aliphatic rings. The van der Waals surface area contributed by atoms with E-state index in [2.05, 4.69) is 27.2 Å². The highest BCUT2D eigenvalue weighted by atomic mass is 32.2. The van der Waals surface area contributed by atoms with Crippen LogP contribution in [0.3, 0.4) is 0 Å². The molecule has 2 heterocycles. The molecule has 4 rings (SSSR count). The Balaban J connectivity index is 1.24. The number of ether oxygens (including phenoxy) is 1. The number of carbonyl (C=O) groups is 1. The Labute approximate surface area is 213 Å². The van der Waals surface area contributed by atoms with Gasteiger partial charge in [0.1, 0.15) is 10.6 Å². The summed E-state index contributed by atoms with van der Waals surface area (Å²) in [4.78, 5) is 16.7. The second-order valence-corrected chi connectivity index (χ2v) is 11.8. The summed E-state index contributed by atoms with van der Waals surface area (Å²) in [6.45, 7) is 4.03. The third-order valence-electron chi connectivity index (χ3n) is 6.76. The van der Waals surface area contributed by atoms with Crippen LogP contribution < -0.4 is 10.1 Å². The van der Waals surface area contributed by atoms with Crippen LogP contribution in [0, 0.1) is 5.92 Å². The molecule has 2 N–H and O–H groups in total. The SMILES string of the molecule is CN1CC(CN(C)S(=O)(=O)c2ccccc2OCC(=O)NC[C@@H](O)CN2CCc3ccccc3C2)C1. The Morgan fingerprint density at radius 1 is 1.17 bits per heavy atom. The van der Waals surface area contributed by atoms with E-state index >= 15 is 0 Å². The number of carbonyl (C=O) groups excluding carboxylic acids is 1. The fourth-order valence-electron chi connectivity index (χ4n) is 4.85. The smallest absolute Gasteiger partial charge is 0.258 e. The van der Waals surface area contributed by atoms with Gasteiger partial charge >= 0.3 is 0 Å². The second kappa shape index (κ2) is 11.7. The molecule has 2 aromatic carbocycles. The van der Waals surface area contributed by atoms with Crippen molar-refractivity contribution in [2.45, 2.75) is 24.0 Å². The van der Waals surface area contributed by atoms with Gasteiger partial charge in [-0.3, -0.25) is 9.69 Å². The molecule has 0 radical (unpaired) electrons. The molecule has 10 heteroatoms. The van der Waals surface area contributed by atoms with Crippen molar-refractivity contribution in [1.29, 1.82) is 0 Å². The molecule has 1 fully saturated rings. The molecule has 1 saturated heterocycles. The Bertz CT molecular complexity index is 1150. The lowest BCUT2D eigenvalue weighted by atomic mass is 10.00. The molecule has 0 saturated carbocycles. The average molecular weight is 517 g/mol. The molecular formula is C26H36N4O5S. The van der Waals surface area contributed by atoms with Gasteiger partial charge in [-0.05, 0) is 42.6 Å². The summed E-state index contributed by atoms with van der Waals surface area (Å²) in [5, 5.41) is 13.1. The zero-order valence-corrected chi connectivity index (χ0v) is 21.8. The Morgan fingerprint density at radius 2 is 1.86 bits per heavy atom. The molecule has 2 aromatic rings. The number of nitrogens with zero attached hydrogens (tertiary/aromatic N) is 3. The van der Waals surface area contributed by atoms with E-state index in [0.29, 0.717) is 19.0 Å². The van der Waals surface area contributed by atoms with Crippen LogP contribution in [-0.4, -0.2) is 99.6 Å². The summed E-state index contributed by atoms with van der Waals surface area (Å²) in [6.07, 6.45) is 0.226. The van der Waals surface area contributed by atoms with Crippen molar-refractivity contribution in [2.24, 2.45) is 5.92 Å². The van der Waals surface area contributed by atoms with Gasteiger partial charge in [0, 0.05) is 52.9 Å². The van der Waals surface area contributed by atoms with Crippen LogP contribution in [0.4, 0.5) is 0 Å². The highest BCUT2D eigenvalue weighted by molar-refractivity contribution is 7.89. The van der Waals surface area contributed by atoms with Gasteiger partial charge in [-0.25, -0.2) is 12.7 Å². The van der Waals surface area contributed by atoms with Crippen molar-refractivity contribution < 1.29 is 23.1 Å². The lowest BCUT2D eigenvalue weighted by Gasteiger charge is -2.38. The number of β-amino-alcohol motifs (C(OH)–C–C–N with tert-alkyl or cyclic N) is 1. The van der Waals surface area contributed by atoms with Crippen LogP contribution in [0.15, 0.2) is 53.4 Å². The number of sulfonamides is 1. The molecular weight excluding hydrogens is 480 g/mol. The van der Waals surface area contributed by atoms with Crippen LogP contribution in [-0.2, 0) is 27.8 Å². The third kappa shape index (κ3) is 6.63. The third-order valence-corrected chi connectivity index (χ3v) is 8.63. The number of aliphatic hydroxyl groups is 1. The van der Waals surface area contributed by atoms with Gasteiger partial charge in [-0.1, -0.05) is 36.4 Å². The number of fused-ring (bicyclic) bond motifs is 1. The Hall–Kier alpha value is -2.50. The van der Waals surface area contributed by atoms with Gasteiger partial charge in [-0.2, -0.15) is 0 Å².